The molecule has 172 valence electrons. The van der Waals surface area contributed by atoms with Gasteiger partial charge in [0.05, 0.1) is 11.2 Å². The Morgan fingerprint density at radius 3 is 2.64 bits per heavy atom. The summed E-state index contributed by atoms with van der Waals surface area (Å²) in [6.45, 7) is 4.56. The molecule has 1 aliphatic heterocycles. The normalized spacial score (nSPS) is 14.8. The third-order valence-corrected chi connectivity index (χ3v) is 6.72. The molecule has 0 unspecified atom stereocenters. The van der Waals surface area contributed by atoms with Crippen molar-refractivity contribution in [3.63, 3.8) is 0 Å². The van der Waals surface area contributed by atoms with Crippen molar-refractivity contribution in [2.45, 2.75) is 31.6 Å². The van der Waals surface area contributed by atoms with Crippen molar-refractivity contribution in [2.75, 3.05) is 23.3 Å². The van der Waals surface area contributed by atoms with E-state index in [9.17, 15) is 18.5 Å². The number of nitriles is 1. The Balaban J connectivity index is 1.46. The maximum atomic E-state index is 12.9. The number of hydrogen-bond acceptors (Lipinski definition) is 8. The summed E-state index contributed by atoms with van der Waals surface area (Å²) in [6, 6.07) is 8.32. The van der Waals surface area contributed by atoms with Crippen molar-refractivity contribution < 1.29 is 22.0 Å². The summed E-state index contributed by atoms with van der Waals surface area (Å²) in [5.41, 5.74) is 2.08. The number of nitrogens with two attached hydrogens (primary N) is 1. The van der Waals surface area contributed by atoms with Crippen LogP contribution in [-0.4, -0.2) is 32.4 Å². The van der Waals surface area contributed by atoms with E-state index in [1.807, 2.05) is 17.9 Å². The predicted molar refractivity (Wildman–Crippen MR) is 120 cm³/mol. The van der Waals surface area contributed by atoms with Crippen LogP contribution in [0.1, 0.15) is 29.7 Å². The Labute approximate surface area is 191 Å². The van der Waals surface area contributed by atoms with Crippen molar-refractivity contribution in [2.24, 2.45) is 11.1 Å². The second kappa shape index (κ2) is 8.73. The molecule has 1 aliphatic rings. The fourth-order valence-electron chi connectivity index (χ4n) is 3.80. The van der Waals surface area contributed by atoms with E-state index in [2.05, 4.69) is 10.3 Å². The smallest absolute Gasteiger partial charge is 0.266 e. The van der Waals surface area contributed by atoms with Gasteiger partial charge < -0.3 is 19.1 Å². The number of rotatable bonds is 5. The van der Waals surface area contributed by atoms with Crippen LogP contribution < -0.4 is 15.4 Å². The van der Waals surface area contributed by atoms with Crippen LogP contribution in [-0.2, 0) is 14.8 Å². The molecule has 0 bridgehead atoms. The first-order chi connectivity index (χ1) is 15.7. The molecular weight excluding hydrogens is 446 g/mol. The zero-order valence-electron chi connectivity index (χ0n) is 18.2. The summed E-state index contributed by atoms with van der Waals surface area (Å²) in [7, 11) is -3.89. The van der Waals surface area contributed by atoms with Gasteiger partial charge in [0.15, 0.2) is 5.76 Å². The average Bonchev–Trinajstić information content (AvgIpc) is 3.45. The Morgan fingerprint density at radius 2 is 2.03 bits per heavy atom. The molecule has 2 aromatic heterocycles. The van der Waals surface area contributed by atoms with E-state index in [1.54, 1.807) is 19.1 Å². The van der Waals surface area contributed by atoms with Crippen LogP contribution in [0.2, 0.25) is 0 Å². The summed E-state index contributed by atoms with van der Waals surface area (Å²) in [5.74, 6) is 0.539. The van der Waals surface area contributed by atoms with E-state index in [4.69, 9.17) is 14.0 Å². The van der Waals surface area contributed by atoms with Crippen LogP contribution >= 0.6 is 0 Å². The zero-order chi connectivity index (χ0) is 23.8. The van der Waals surface area contributed by atoms with Crippen LogP contribution in [0.25, 0.3) is 11.7 Å². The molecule has 0 aliphatic carbocycles. The molecule has 0 atom stereocenters. The standard InChI is InChI=1S/C22H23N5O5S/c1-13-10-16(33(24,29)30)11-17(14(13)2)25-20(28)15-5-7-27(8-6-15)22-18(12-23)26-21(32-22)19-4-3-9-31-19/h3-4,9-11,15H,5-8H2,1-2H3,(H,25,28)(H2,24,29,30). The van der Waals surface area contributed by atoms with Crippen LogP contribution in [0, 0.1) is 31.1 Å². The van der Waals surface area contributed by atoms with Crippen LogP contribution in [0.3, 0.4) is 0 Å². The van der Waals surface area contributed by atoms with E-state index >= 15 is 0 Å². The van der Waals surface area contributed by atoms with Gasteiger partial charge in [-0.3, -0.25) is 4.79 Å². The highest BCUT2D eigenvalue weighted by atomic mass is 32.2. The molecule has 1 aromatic carbocycles. The van der Waals surface area contributed by atoms with Crippen molar-refractivity contribution in [1.29, 1.82) is 5.26 Å². The maximum absolute atomic E-state index is 12.9. The lowest BCUT2D eigenvalue weighted by Crippen LogP contribution is -2.38. The average molecular weight is 470 g/mol. The van der Waals surface area contributed by atoms with Gasteiger partial charge in [-0.25, -0.2) is 13.6 Å². The number of anilines is 2. The summed E-state index contributed by atoms with van der Waals surface area (Å²) < 4.78 is 34.6. The van der Waals surface area contributed by atoms with Gasteiger partial charge in [-0.2, -0.15) is 10.2 Å². The van der Waals surface area contributed by atoms with E-state index in [0.29, 0.717) is 48.8 Å². The highest BCUT2D eigenvalue weighted by molar-refractivity contribution is 7.89. The summed E-state index contributed by atoms with van der Waals surface area (Å²) in [5, 5.41) is 17.6. The molecule has 1 fully saturated rings. The number of furan rings is 1. The monoisotopic (exact) mass is 469 g/mol. The lowest BCUT2D eigenvalue weighted by molar-refractivity contribution is -0.120. The van der Waals surface area contributed by atoms with Crippen molar-refractivity contribution in [1.82, 2.24) is 4.98 Å². The molecule has 3 N–H and O–H groups in total. The number of carbonyl (C=O) groups is 1. The lowest BCUT2D eigenvalue weighted by Gasteiger charge is -2.31. The number of aryl methyl sites for hydroxylation is 1. The number of aromatic nitrogens is 1. The molecule has 0 spiro atoms. The van der Waals surface area contributed by atoms with E-state index in [1.165, 1.54) is 18.4 Å². The Morgan fingerprint density at radius 1 is 1.30 bits per heavy atom. The molecule has 0 saturated carbocycles. The minimum atomic E-state index is -3.89. The van der Waals surface area contributed by atoms with E-state index < -0.39 is 10.0 Å². The number of piperidine rings is 1. The number of sulfonamides is 1. The highest BCUT2D eigenvalue weighted by Crippen LogP contribution is 2.32. The Hall–Kier alpha value is -3.62. The molecule has 3 aromatic rings. The number of amides is 1. The molecule has 1 amide bonds. The topological polar surface area (TPSA) is 155 Å². The number of nitrogens with one attached hydrogen (secondary N) is 1. The van der Waals surface area contributed by atoms with Gasteiger partial charge in [-0.1, -0.05) is 0 Å². The molecule has 0 radical (unpaired) electrons. The van der Waals surface area contributed by atoms with Crippen LogP contribution in [0.4, 0.5) is 11.6 Å². The van der Waals surface area contributed by atoms with E-state index in [0.717, 1.165) is 5.56 Å². The summed E-state index contributed by atoms with van der Waals surface area (Å²) in [6.07, 6.45) is 2.55. The van der Waals surface area contributed by atoms with E-state index in [-0.39, 0.29) is 28.3 Å². The minimum absolute atomic E-state index is 0.0440. The largest absolute Gasteiger partial charge is 0.459 e. The number of primary sulfonamides is 1. The first kappa shape index (κ1) is 22.6. The van der Waals surface area contributed by atoms with Gasteiger partial charge in [0.2, 0.25) is 27.5 Å². The van der Waals surface area contributed by atoms with Crippen LogP contribution in [0.5, 0.6) is 0 Å². The Bertz CT molecular complexity index is 1330. The van der Waals surface area contributed by atoms with Crippen molar-refractivity contribution >= 4 is 27.5 Å². The SMILES string of the molecule is Cc1cc(S(N)(=O)=O)cc(NC(=O)C2CCN(c3oc(-c4ccco4)nc3C#N)CC2)c1C. The Kier molecular flexibility index (Phi) is 5.97. The maximum Gasteiger partial charge on any atom is 0.266 e. The molecule has 4 rings (SSSR count). The quantitative estimate of drug-likeness (QED) is 0.578. The molecule has 11 heteroatoms. The number of nitrogens with zero attached hydrogens (tertiary/aromatic N) is 3. The molecule has 10 nitrogen and oxygen atoms in total. The van der Waals surface area contributed by atoms with Gasteiger partial charge in [0.25, 0.3) is 5.89 Å². The van der Waals surface area contributed by atoms with Crippen LogP contribution in [0.15, 0.2) is 44.3 Å². The summed E-state index contributed by atoms with van der Waals surface area (Å²) >= 11 is 0. The number of oxazole rings is 1. The van der Waals surface area contributed by atoms with Gasteiger partial charge in [-0.05, 0) is 62.1 Å². The molecular formula is C22H23N5O5S. The molecule has 1 saturated heterocycles. The first-order valence-electron chi connectivity index (χ1n) is 10.3. The molecule has 33 heavy (non-hydrogen) atoms. The zero-order valence-corrected chi connectivity index (χ0v) is 19.0. The van der Waals surface area contributed by atoms with Crippen molar-refractivity contribution in [3.8, 4) is 17.7 Å². The second-order valence-corrected chi connectivity index (χ2v) is 9.53. The fourth-order valence-corrected chi connectivity index (χ4v) is 4.43. The number of hydrogen-bond donors (Lipinski definition) is 2. The van der Waals surface area contributed by atoms with Gasteiger partial charge in [-0.15, -0.1) is 0 Å². The van der Waals surface area contributed by atoms with Gasteiger partial charge in [0, 0.05) is 24.7 Å². The third-order valence-electron chi connectivity index (χ3n) is 5.83. The second-order valence-electron chi connectivity index (χ2n) is 7.97. The first-order valence-corrected chi connectivity index (χ1v) is 11.9. The van der Waals surface area contributed by atoms with Gasteiger partial charge >= 0.3 is 0 Å². The van der Waals surface area contributed by atoms with Crippen molar-refractivity contribution in [3.05, 3.63) is 47.3 Å². The minimum Gasteiger partial charge on any atom is -0.459 e. The predicted octanol–water partition coefficient (Wildman–Crippen LogP) is 2.93. The number of benzene rings is 1. The van der Waals surface area contributed by atoms with Gasteiger partial charge in [0.1, 0.15) is 6.07 Å². The highest BCUT2D eigenvalue weighted by Gasteiger charge is 2.30. The third kappa shape index (κ3) is 4.62. The summed E-state index contributed by atoms with van der Waals surface area (Å²) in [4.78, 5) is 19.0. The number of carbonyl (C=O) groups excluding carboxylic acids is 1. The molecule has 3 heterocycles. The lowest BCUT2D eigenvalue weighted by atomic mass is 9.95. The fraction of sp³-hybridized carbons (Fsp3) is 0.318.